The van der Waals surface area contributed by atoms with Crippen LogP contribution < -0.4 is 10.5 Å². The summed E-state index contributed by atoms with van der Waals surface area (Å²) in [5, 5.41) is 1.49. The number of carbonyl (C=O) groups is 1. The van der Waals surface area contributed by atoms with Gasteiger partial charge in [0, 0.05) is 21.9 Å². The number of amides is 1. The van der Waals surface area contributed by atoms with Gasteiger partial charge in [-0.25, -0.2) is 0 Å². The van der Waals surface area contributed by atoms with Crippen molar-refractivity contribution in [1.82, 2.24) is 4.57 Å². The van der Waals surface area contributed by atoms with Crippen LogP contribution >= 0.6 is 0 Å². The van der Waals surface area contributed by atoms with Crippen LogP contribution in [0, 0.1) is 6.07 Å². The highest BCUT2D eigenvalue weighted by atomic mass is 19.3. The van der Waals surface area contributed by atoms with Gasteiger partial charge in [-0.2, -0.15) is 8.78 Å². The van der Waals surface area contributed by atoms with E-state index >= 15 is 0 Å². The average Bonchev–Trinajstić information content (AvgIpc) is 3.02. The van der Waals surface area contributed by atoms with Gasteiger partial charge in [-0.1, -0.05) is 37.3 Å². The van der Waals surface area contributed by atoms with E-state index in [0.717, 1.165) is 28.4 Å². The lowest BCUT2D eigenvalue weighted by molar-refractivity contribution is -0.0504. The number of hydrogen-bond acceptors (Lipinski definition) is 2. The Morgan fingerprint density at radius 3 is 2.69 bits per heavy atom. The second-order valence-corrected chi connectivity index (χ2v) is 6.76. The first-order chi connectivity index (χ1) is 14.0. The van der Waals surface area contributed by atoms with E-state index in [-0.39, 0.29) is 5.75 Å². The molecular weight excluding hydrogens is 374 g/mol. The van der Waals surface area contributed by atoms with E-state index in [9.17, 15) is 13.6 Å². The summed E-state index contributed by atoms with van der Waals surface area (Å²) in [6.07, 6.45) is 0.821. The molecule has 4 aromatic rings. The van der Waals surface area contributed by atoms with Crippen LogP contribution in [-0.4, -0.2) is 17.1 Å². The molecule has 4 rings (SSSR count). The molecule has 0 aliphatic rings. The molecule has 0 saturated heterocycles. The van der Waals surface area contributed by atoms with Crippen molar-refractivity contribution in [1.29, 1.82) is 0 Å². The Morgan fingerprint density at radius 2 is 1.97 bits per heavy atom. The Kier molecular flexibility index (Phi) is 4.92. The lowest BCUT2D eigenvalue weighted by atomic mass is 10.0. The number of para-hydroxylation sites is 1. The van der Waals surface area contributed by atoms with Gasteiger partial charge in [0.1, 0.15) is 5.75 Å². The molecule has 0 bridgehead atoms. The number of alkyl halides is 2. The van der Waals surface area contributed by atoms with Gasteiger partial charge >= 0.3 is 6.61 Å². The number of ether oxygens (including phenoxy) is 1. The molecular formula is C23H19F2N2O2. The van der Waals surface area contributed by atoms with Crippen LogP contribution in [0.2, 0.25) is 0 Å². The zero-order valence-corrected chi connectivity index (χ0v) is 15.8. The van der Waals surface area contributed by atoms with Crippen molar-refractivity contribution >= 4 is 27.7 Å². The van der Waals surface area contributed by atoms with Crippen molar-refractivity contribution in [2.45, 2.75) is 26.5 Å². The SMILES string of the molecule is CCc1c[c]c2c3c(C(N)=O)cccc3n(Cc3ccccc3OC(F)F)c2c1. The fourth-order valence-electron chi connectivity index (χ4n) is 3.69. The van der Waals surface area contributed by atoms with Crippen LogP contribution in [0.3, 0.4) is 0 Å². The summed E-state index contributed by atoms with van der Waals surface area (Å²) in [7, 11) is 0. The highest BCUT2D eigenvalue weighted by molar-refractivity contribution is 6.17. The molecule has 0 unspecified atom stereocenters. The van der Waals surface area contributed by atoms with Crippen molar-refractivity contribution in [2.24, 2.45) is 5.73 Å². The summed E-state index contributed by atoms with van der Waals surface area (Å²) in [4.78, 5) is 12.0. The third kappa shape index (κ3) is 3.42. The van der Waals surface area contributed by atoms with Gasteiger partial charge in [0.2, 0.25) is 5.91 Å². The van der Waals surface area contributed by atoms with Crippen LogP contribution in [0.15, 0.2) is 54.6 Å². The van der Waals surface area contributed by atoms with E-state index in [2.05, 4.69) is 6.07 Å². The van der Waals surface area contributed by atoms with Gasteiger partial charge in [-0.15, -0.1) is 0 Å². The van der Waals surface area contributed by atoms with E-state index < -0.39 is 12.5 Å². The van der Waals surface area contributed by atoms with Gasteiger partial charge in [0.15, 0.2) is 0 Å². The smallest absolute Gasteiger partial charge is 0.387 e. The van der Waals surface area contributed by atoms with E-state index in [1.807, 2.05) is 29.7 Å². The first-order valence-electron chi connectivity index (χ1n) is 9.27. The molecule has 0 saturated carbocycles. The first-order valence-corrected chi connectivity index (χ1v) is 9.27. The molecule has 1 radical (unpaired) electrons. The maximum atomic E-state index is 12.8. The lowest BCUT2D eigenvalue weighted by Crippen LogP contribution is -2.11. The van der Waals surface area contributed by atoms with E-state index in [1.165, 1.54) is 6.07 Å². The standard InChI is InChI=1S/C23H19F2N2O2/c1-2-14-10-11-16-19(12-14)27(18-8-5-7-17(21(16)18)22(26)28)13-15-6-3-4-9-20(15)29-23(24)25/h3-10,12,23H,2,13H2,1H3,(H2,26,28). The molecule has 3 aromatic carbocycles. The number of carbonyl (C=O) groups excluding carboxylic acids is 1. The fourth-order valence-corrected chi connectivity index (χ4v) is 3.69. The molecule has 2 N–H and O–H groups in total. The number of hydrogen-bond donors (Lipinski definition) is 1. The number of fused-ring (bicyclic) bond motifs is 3. The Morgan fingerprint density at radius 1 is 1.17 bits per heavy atom. The molecule has 0 fully saturated rings. The number of rotatable bonds is 6. The molecule has 0 spiro atoms. The lowest BCUT2D eigenvalue weighted by Gasteiger charge is -2.13. The van der Waals surface area contributed by atoms with Crippen molar-refractivity contribution in [3.05, 3.63) is 77.4 Å². The summed E-state index contributed by atoms with van der Waals surface area (Å²) in [6.45, 7) is -0.565. The second kappa shape index (κ2) is 7.54. The summed E-state index contributed by atoms with van der Waals surface area (Å²) >= 11 is 0. The number of benzene rings is 3. The van der Waals surface area contributed by atoms with Crippen molar-refractivity contribution in [2.75, 3.05) is 0 Å². The third-order valence-corrected chi connectivity index (χ3v) is 5.05. The first kappa shape index (κ1) is 18.9. The Labute approximate surface area is 166 Å². The second-order valence-electron chi connectivity index (χ2n) is 6.76. The average molecular weight is 393 g/mol. The predicted molar refractivity (Wildman–Crippen MR) is 108 cm³/mol. The van der Waals surface area contributed by atoms with Crippen LogP contribution in [0.4, 0.5) is 8.78 Å². The number of aryl methyl sites for hydroxylation is 1. The quantitative estimate of drug-likeness (QED) is 0.506. The van der Waals surface area contributed by atoms with Crippen LogP contribution in [0.25, 0.3) is 21.8 Å². The van der Waals surface area contributed by atoms with Gasteiger partial charge in [-0.3, -0.25) is 4.79 Å². The Balaban J connectivity index is 1.98. The topological polar surface area (TPSA) is 57.2 Å². The van der Waals surface area contributed by atoms with E-state index in [0.29, 0.717) is 23.1 Å². The van der Waals surface area contributed by atoms with Crippen molar-refractivity contribution < 1.29 is 18.3 Å². The van der Waals surface area contributed by atoms with Crippen molar-refractivity contribution in [3.63, 3.8) is 0 Å². The maximum absolute atomic E-state index is 12.8. The Bertz CT molecular complexity index is 1210. The van der Waals surface area contributed by atoms with E-state index in [4.69, 9.17) is 10.5 Å². The highest BCUT2D eigenvalue weighted by Crippen LogP contribution is 2.34. The predicted octanol–water partition coefficient (Wildman–Crippen LogP) is 4.91. The van der Waals surface area contributed by atoms with Crippen LogP contribution in [0.1, 0.15) is 28.4 Å². The molecule has 0 aliphatic heterocycles. The molecule has 1 aromatic heterocycles. The summed E-state index contributed by atoms with van der Waals surface area (Å²) in [5.74, 6) is -0.400. The molecule has 1 amide bonds. The minimum absolute atomic E-state index is 0.124. The molecule has 1 heterocycles. The van der Waals surface area contributed by atoms with Gasteiger partial charge < -0.3 is 15.0 Å². The number of nitrogens with two attached hydrogens (primary N) is 1. The minimum atomic E-state index is -2.91. The van der Waals surface area contributed by atoms with E-state index in [1.54, 1.807) is 30.3 Å². The van der Waals surface area contributed by atoms with Gasteiger partial charge in [-0.05, 0) is 42.3 Å². The zero-order chi connectivity index (χ0) is 20.5. The fraction of sp³-hybridized carbons (Fsp3) is 0.174. The maximum Gasteiger partial charge on any atom is 0.387 e. The van der Waals surface area contributed by atoms with Crippen LogP contribution in [-0.2, 0) is 13.0 Å². The molecule has 147 valence electrons. The number of nitrogens with zero attached hydrogens (tertiary/aromatic N) is 1. The summed E-state index contributed by atoms with van der Waals surface area (Å²) < 4.78 is 32.4. The van der Waals surface area contributed by atoms with Crippen molar-refractivity contribution in [3.8, 4) is 5.75 Å². The molecule has 0 aliphatic carbocycles. The number of primary amides is 1. The summed E-state index contributed by atoms with van der Waals surface area (Å²) in [5.41, 5.74) is 9.35. The summed E-state index contributed by atoms with van der Waals surface area (Å²) in [6, 6.07) is 19.3. The number of halogens is 2. The van der Waals surface area contributed by atoms with Gasteiger partial charge in [0.25, 0.3) is 0 Å². The molecule has 29 heavy (non-hydrogen) atoms. The largest absolute Gasteiger partial charge is 0.434 e. The van der Waals surface area contributed by atoms with Gasteiger partial charge in [0.05, 0.1) is 17.6 Å². The monoisotopic (exact) mass is 393 g/mol. The highest BCUT2D eigenvalue weighted by Gasteiger charge is 2.18. The van der Waals surface area contributed by atoms with Crippen LogP contribution in [0.5, 0.6) is 5.75 Å². The number of aromatic nitrogens is 1. The molecule has 6 heteroatoms. The minimum Gasteiger partial charge on any atom is -0.434 e. The Hall–Kier alpha value is -3.41. The normalized spacial score (nSPS) is 11.4. The third-order valence-electron chi connectivity index (χ3n) is 5.05. The molecule has 0 atom stereocenters. The zero-order valence-electron chi connectivity index (χ0n) is 15.8. The molecule has 4 nitrogen and oxygen atoms in total.